The minimum absolute atomic E-state index is 0.0158. The lowest BCUT2D eigenvalue weighted by Crippen LogP contribution is -2.25. The van der Waals surface area contributed by atoms with Gasteiger partial charge in [-0.1, -0.05) is 13.0 Å². The summed E-state index contributed by atoms with van der Waals surface area (Å²) in [5, 5.41) is 10.1. The van der Waals surface area contributed by atoms with E-state index in [1.807, 2.05) is 19.1 Å². The number of hydrogen-bond acceptors (Lipinski definition) is 6. The van der Waals surface area contributed by atoms with Gasteiger partial charge in [-0.05, 0) is 80.7 Å². The molecular weight excluding hydrogens is 513 g/mol. The molecule has 1 amide bonds. The zero-order chi connectivity index (χ0) is 26.9. The van der Waals surface area contributed by atoms with Crippen molar-refractivity contribution >= 4 is 46.0 Å². The van der Waals surface area contributed by atoms with Gasteiger partial charge in [0.25, 0.3) is 5.91 Å². The molecular formula is C30H32FN5O2S. The molecule has 1 unspecified atom stereocenters. The van der Waals surface area contributed by atoms with E-state index in [1.165, 1.54) is 27.8 Å². The largest absolute Gasteiger partial charge is 0.319 e. The maximum atomic E-state index is 14.9. The maximum Gasteiger partial charge on any atom is 0.265 e. The fourth-order valence-electron chi connectivity index (χ4n) is 5.32. The average molecular weight is 546 g/mol. The number of hydrogen-bond donors (Lipinski definition) is 2. The molecule has 1 aromatic carbocycles. The minimum Gasteiger partial charge on any atom is -0.319 e. The Morgan fingerprint density at radius 1 is 1.15 bits per heavy atom. The first kappa shape index (κ1) is 25.8. The van der Waals surface area contributed by atoms with Gasteiger partial charge in [0, 0.05) is 41.1 Å². The Morgan fingerprint density at radius 2 is 2.00 bits per heavy atom. The summed E-state index contributed by atoms with van der Waals surface area (Å²) in [5.41, 5.74) is 4.12. The van der Waals surface area contributed by atoms with Crippen LogP contribution in [0.4, 0.5) is 15.9 Å². The molecule has 9 heteroatoms. The number of carbonyl (C=O) groups excluding carboxylic acids is 2. The summed E-state index contributed by atoms with van der Waals surface area (Å²) in [6, 6.07) is 8.47. The van der Waals surface area contributed by atoms with Gasteiger partial charge in [-0.2, -0.15) is 5.10 Å². The first-order valence-corrected chi connectivity index (χ1v) is 14.7. The van der Waals surface area contributed by atoms with Crippen molar-refractivity contribution in [3.63, 3.8) is 0 Å². The number of aryl methyl sites for hydroxylation is 2. The number of nitrogens with one attached hydrogen (secondary N) is 2. The van der Waals surface area contributed by atoms with E-state index < -0.39 is 5.82 Å². The second-order valence-corrected chi connectivity index (χ2v) is 11.8. The van der Waals surface area contributed by atoms with Crippen LogP contribution in [0, 0.1) is 5.82 Å². The number of nitrogens with zero attached hydrogens (tertiary/aromatic N) is 3. The molecule has 0 saturated heterocycles. The number of ketones is 1. The van der Waals surface area contributed by atoms with Gasteiger partial charge >= 0.3 is 0 Å². The van der Waals surface area contributed by atoms with Crippen molar-refractivity contribution in [1.29, 1.82) is 0 Å². The summed E-state index contributed by atoms with van der Waals surface area (Å²) >= 11 is 1.50. The van der Waals surface area contributed by atoms with Gasteiger partial charge in [0.15, 0.2) is 11.6 Å². The molecule has 2 N–H and O–H groups in total. The van der Waals surface area contributed by atoms with Gasteiger partial charge in [0.1, 0.15) is 5.82 Å². The summed E-state index contributed by atoms with van der Waals surface area (Å²) < 4.78 is 14.9. The number of amides is 1. The van der Waals surface area contributed by atoms with Gasteiger partial charge in [-0.3, -0.25) is 19.7 Å². The van der Waals surface area contributed by atoms with Crippen LogP contribution in [0.2, 0.25) is 0 Å². The van der Waals surface area contributed by atoms with Crippen molar-refractivity contribution in [3.8, 4) is 0 Å². The highest BCUT2D eigenvalue weighted by Gasteiger charge is 2.27. The molecule has 3 heterocycles. The molecule has 3 aromatic rings. The van der Waals surface area contributed by atoms with Crippen LogP contribution in [0.25, 0.3) is 0 Å². The monoisotopic (exact) mass is 545 g/mol. The van der Waals surface area contributed by atoms with Gasteiger partial charge in [-0.15, -0.1) is 11.3 Å². The van der Waals surface area contributed by atoms with Crippen LogP contribution in [0.5, 0.6) is 0 Å². The molecule has 0 bridgehead atoms. The van der Waals surface area contributed by atoms with Crippen LogP contribution in [-0.2, 0) is 17.6 Å². The number of aromatic nitrogens is 2. The molecule has 2 aromatic heterocycles. The number of rotatable bonds is 6. The normalized spacial score (nSPS) is 20.8. The zero-order valence-electron chi connectivity index (χ0n) is 22.1. The molecule has 7 nitrogen and oxygen atoms in total. The molecule has 0 spiro atoms. The fraction of sp³-hybridized carbons (Fsp3) is 0.433. The maximum absolute atomic E-state index is 14.9. The summed E-state index contributed by atoms with van der Waals surface area (Å²) in [5.74, 6) is 0.168. The van der Waals surface area contributed by atoms with Gasteiger partial charge in [0.2, 0.25) is 0 Å². The Morgan fingerprint density at radius 3 is 2.79 bits per heavy atom. The molecule has 202 valence electrons. The topological polar surface area (TPSA) is 99.6 Å². The van der Waals surface area contributed by atoms with Crippen molar-refractivity contribution in [2.45, 2.75) is 83.1 Å². The third-order valence-electron chi connectivity index (χ3n) is 7.79. The quantitative estimate of drug-likeness (QED) is 0.360. The Bertz CT molecular complexity index is 1460. The van der Waals surface area contributed by atoms with Crippen LogP contribution in [0.1, 0.15) is 95.6 Å². The van der Waals surface area contributed by atoms with E-state index in [2.05, 4.69) is 20.5 Å². The summed E-state index contributed by atoms with van der Waals surface area (Å²) in [4.78, 5) is 37.6. The number of benzene rings is 1. The lowest BCUT2D eigenvalue weighted by Gasteiger charge is -2.19. The number of Topliss-reactive ketones (excluding diaryl/α,β-unsaturated/α-hetero) is 1. The van der Waals surface area contributed by atoms with E-state index in [-0.39, 0.29) is 29.8 Å². The van der Waals surface area contributed by atoms with E-state index >= 15 is 0 Å². The highest BCUT2D eigenvalue weighted by molar-refractivity contribution is 7.14. The number of halogens is 1. The smallest absolute Gasteiger partial charge is 0.265 e. The SMILES string of the molecule is CCC1CCC(=O)C(=Nc2cc(C3CC3)[nH]n2)CC(c2ccc(F)c(NC(=O)c3cc4c(s3)CCCC4)c2)=N1. The highest BCUT2D eigenvalue weighted by Crippen LogP contribution is 2.40. The van der Waals surface area contributed by atoms with Crippen LogP contribution in [0.15, 0.2) is 40.3 Å². The van der Waals surface area contributed by atoms with Gasteiger partial charge in [-0.25, -0.2) is 9.38 Å². The summed E-state index contributed by atoms with van der Waals surface area (Å²) in [6.07, 6.45) is 8.57. The molecule has 2 aliphatic carbocycles. The minimum atomic E-state index is -0.513. The van der Waals surface area contributed by atoms with E-state index in [0.717, 1.165) is 50.6 Å². The van der Waals surface area contributed by atoms with Gasteiger partial charge in [0.05, 0.1) is 22.3 Å². The molecule has 0 radical (unpaired) electrons. The first-order valence-electron chi connectivity index (χ1n) is 13.9. The number of aromatic amines is 1. The fourth-order valence-corrected chi connectivity index (χ4v) is 6.46. The second kappa shape index (κ2) is 11.0. The molecule has 1 saturated carbocycles. The summed E-state index contributed by atoms with van der Waals surface area (Å²) in [7, 11) is 0. The van der Waals surface area contributed by atoms with Crippen LogP contribution < -0.4 is 5.32 Å². The second-order valence-electron chi connectivity index (χ2n) is 10.7. The average Bonchev–Trinajstić information content (AvgIpc) is 3.51. The predicted octanol–water partition coefficient (Wildman–Crippen LogP) is 6.71. The predicted molar refractivity (Wildman–Crippen MR) is 152 cm³/mol. The van der Waals surface area contributed by atoms with Gasteiger partial charge < -0.3 is 5.32 Å². The number of fused-ring (bicyclic) bond motifs is 1. The number of anilines is 1. The van der Waals surface area contributed by atoms with Crippen LogP contribution in [-0.4, -0.2) is 39.4 Å². The van der Waals surface area contributed by atoms with Crippen LogP contribution in [0.3, 0.4) is 0 Å². The van der Waals surface area contributed by atoms with Crippen molar-refractivity contribution in [1.82, 2.24) is 10.2 Å². The lowest BCUT2D eigenvalue weighted by atomic mass is 9.95. The number of H-pyrrole nitrogens is 1. The first-order chi connectivity index (χ1) is 19.0. The highest BCUT2D eigenvalue weighted by atomic mass is 32.1. The third-order valence-corrected chi connectivity index (χ3v) is 9.03. The standard InChI is InChI=1S/C30H32FN5O2S/c1-2-20-10-12-26(37)25(33-29-16-23(35-36-29)17-7-8-17)15-22(32-20)18-9-11-21(31)24(13-18)34-30(38)28-14-19-5-3-4-6-27(19)39-28/h9,11,13-14,16-17,20H,2-8,10,12,15H2,1H3,(H,34,38)(H,35,36). The Balaban J connectivity index is 1.28. The molecule has 1 aliphatic heterocycles. The van der Waals surface area contributed by atoms with E-state index in [4.69, 9.17) is 4.99 Å². The Labute approximate surface area is 231 Å². The van der Waals surface area contributed by atoms with E-state index in [9.17, 15) is 14.0 Å². The van der Waals surface area contributed by atoms with Crippen LogP contribution >= 0.6 is 11.3 Å². The van der Waals surface area contributed by atoms with Crippen molar-refractivity contribution in [2.24, 2.45) is 9.98 Å². The molecule has 3 aliphatic rings. The van der Waals surface area contributed by atoms with E-state index in [0.29, 0.717) is 46.4 Å². The lowest BCUT2D eigenvalue weighted by molar-refractivity contribution is -0.113. The molecule has 6 rings (SSSR count). The number of aliphatic imine (C=N–C) groups is 2. The van der Waals surface area contributed by atoms with Crippen molar-refractivity contribution < 1.29 is 14.0 Å². The Hall–Kier alpha value is -3.46. The van der Waals surface area contributed by atoms with E-state index in [1.54, 1.807) is 12.1 Å². The molecule has 1 fully saturated rings. The third kappa shape index (κ3) is 5.78. The van der Waals surface area contributed by atoms with Crippen molar-refractivity contribution in [3.05, 3.63) is 62.7 Å². The molecule has 39 heavy (non-hydrogen) atoms. The number of thiophene rings is 1. The zero-order valence-corrected chi connectivity index (χ0v) is 22.9. The van der Waals surface area contributed by atoms with Crippen molar-refractivity contribution in [2.75, 3.05) is 5.32 Å². The Kier molecular flexibility index (Phi) is 7.25. The number of carbonyl (C=O) groups is 2. The molecule has 1 atom stereocenters. The summed E-state index contributed by atoms with van der Waals surface area (Å²) in [6.45, 7) is 2.05.